The molecule has 1 heterocycles. The molecule has 1 aromatic rings. The molecule has 2 rings (SSSR count). The zero-order valence-corrected chi connectivity index (χ0v) is 11.0. The Morgan fingerprint density at radius 2 is 2.29 bits per heavy atom. The van der Waals surface area contributed by atoms with Crippen molar-refractivity contribution in [3.63, 3.8) is 0 Å². The second-order valence-electron chi connectivity index (χ2n) is 5.13. The van der Waals surface area contributed by atoms with Crippen LogP contribution in [0.5, 0.6) is 0 Å². The first-order valence-electron chi connectivity index (χ1n) is 6.75. The van der Waals surface area contributed by atoms with Crippen molar-refractivity contribution in [2.45, 2.75) is 39.3 Å². The molecule has 0 saturated heterocycles. The summed E-state index contributed by atoms with van der Waals surface area (Å²) in [7, 11) is 1.96. The second kappa shape index (κ2) is 6.22. The van der Waals surface area contributed by atoms with Crippen LogP contribution in [0.1, 0.15) is 37.5 Å². The molecular weight excluding hydrogens is 212 g/mol. The van der Waals surface area contributed by atoms with Crippen LogP contribution < -0.4 is 5.32 Å². The molecule has 0 bridgehead atoms. The normalized spacial score (nSPS) is 15.7. The molecule has 0 unspecified atom stereocenters. The Bertz CT molecular complexity index is 331. The summed E-state index contributed by atoms with van der Waals surface area (Å²) in [4.78, 5) is 2.53. The van der Waals surface area contributed by atoms with Crippen LogP contribution >= 0.6 is 0 Å². The summed E-state index contributed by atoms with van der Waals surface area (Å²) >= 11 is 0. The molecule has 1 aliphatic carbocycles. The van der Waals surface area contributed by atoms with Gasteiger partial charge in [-0.3, -0.25) is 4.90 Å². The second-order valence-corrected chi connectivity index (χ2v) is 5.13. The third-order valence-electron chi connectivity index (χ3n) is 3.22. The van der Waals surface area contributed by atoms with Crippen molar-refractivity contribution in [1.82, 2.24) is 10.2 Å². The predicted molar refractivity (Wildman–Crippen MR) is 69.8 cm³/mol. The van der Waals surface area contributed by atoms with E-state index in [0.717, 1.165) is 24.8 Å². The minimum absolute atomic E-state index is 0.889. The number of nitrogens with zero attached hydrogens (tertiary/aromatic N) is 1. The van der Waals surface area contributed by atoms with E-state index in [1.54, 1.807) is 0 Å². The van der Waals surface area contributed by atoms with E-state index in [1.165, 1.54) is 37.9 Å². The molecule has 0 amide bonds. The van der Waals surface area contributed by atoms with Gasteiger partial charge in [-0.15, -0.1) is 0 Å². The Morgan fingerprint density at radius 3 is 2.94 bits per heavy atom. The van der Waals surface area contributed by atoms with Crippen molar-refractivity contribution in [3.05, 3.63) is 23.7 Å². The molecule has 1 aliphatic rings. The van der Waals surface area contributed by atoms with E-state index in [9.17, 15) is 0 Å². The summed E-state index contributed by atoms with van der Waals surface area (Å²) in [6.07, 6.45) is 5.93. The molecule has 3 nitrogen and oxygen atoms in total. The third-order valence-corrected chi connectivity index (χ3v) is 3.22. The fraction of sp³-hybridized carbons (Fsp3) is 0.714. The quantitative estimate of drug-likeness (QED) is 0.752. The van der Waals surface area contributed by atoms with Crippen molar-refractivity contribution < 1.29 is 4.42 Å². The first kappa shape index (κ1) is 12.7. The Balaban J connectivity index is 1.85. The Kier molecular flexibility index (Phi) is 4.63. The SMILES string of the molecule is CCCN(Cc1cc(CNC)co1)CC1CC1. The highest BCUT2D eigenvalue weighted by Gasteiger charge is 2.24. The standard InChI is InChI=1S/C14H24N2O/c1-3-6-16(9-12-4-5-12)10-14-7-13(8-15-2)11-17-14/h7,11-12,15H,3-6,8-10H2,1-2H3. The molecule has 1 aromatic heterocycles. The molecule has 0 atom stereocenters. The van der Waals surface area contributed by atoms with E-state index in [-0.39, 0.29) is 0 Å². The highest BCUT2D eigenvalue weighted by Crippen LogP contribution is 2.30. The smallest absolute Gasteiger partial charge is 0.118 e. The minimum atomic E-state index is 0.889. The molecule has 0 radical (unpaired) electrons. The average Bonchev–Trinajstić information content (AvgIpc) is 3.00. The lowest BCUT2D eigenvalue weighted by molar-refractivity contribution is 0.235. The number of nitrogens with one attached hydrogen (secondary N) is 1. The maximum atomic E-state index is 5.61. The predicted octanol–water partition coefficient (Wildman–Crippen LogP) is 2.62. The Hall–Kier alpha value is -0.800. The van der Waals surface area contributed by atoms with Gasteiger partial charge in [0.25, 0.3) is 0 Å². The average molecular weight is 236 g/mol. The van der Waals surface area contributed by atoms with Crippen molar-refractivity contribution in [2.24, 2.45) is 5.92 Å². The summed E-state index contributed by atoms with van der Waals surface area (Å²) in [6, 6.07) is 2.17. The van der Waals surface area contributed by atoms with Crippen LogP contribution in [0.15, 0.2) is 16.7 Å². The van der Waals surface area contributed by atoms with E-state index in [1.807, 2.05) is 13.3 Å². The van der Waals surface area contributed by atoms with Crippen LogP contribution in [0.25, 0.3) is 0 Å². The molecule has 0 aliphatic heterocycles. The lowest BCUT2D eigenvalue weighted by atomic mass is 10.2. The lowest BCUT2D eigenvalue weighted by Crippen LogP contribution is -2.26. The summed E-state index contributed by atoms with van der Waals surface area (Å²) in [6.45, 7) is 6.52. The van der Waals surface area contributed by atoms with E-state index in [4.69, 9.17) is 4.42 Å². The summed E-state index contributed by atoms with van der Waals surface area (Å²) in [5.74, 6) is 2.05. The van der Waals surface area contributed by atoms with E-state index in [2.05, 4.69) is 23.2 Å². The topological polar surface area (TPSA) is 28.4 Å². The largest absolute Gasteiger partial charge is 0.468 e. The van der Waals surface area contributed by atoms with Gasteiger partial charge in [0.2, 0.25) is 0 Å². The number of rotatable bonds is 8. The fourth-order valence-electron chi connectivity index (χ4n) is 2.24. The van der Waals surface area contributed by atoms with Crippen molar-refractivity contribution in [2.75, 3.05) is 20.1 Å². The highest BCUT2D eigenvalue weighted by atomic mass is 16.3. The molecule has 1 N–H and O–H groups in total. The van der Waals surface area contributed by atoms with Gasteiger partial charge >= 0.3 is 0 Å². The number of furan rings is 1. The maximum absolute atomic E-state index is 5.61. The lowest BCUT2D eigenvalue weighted by Gasteiger charge is -2.19. The molecule has 1 fully saturated rings. The van der Waals surface area contributed by atoms with E-state index in [0.29, 0.717) is 0 Å². The van der Waals surface area contributed by atoms with Gasteiger partial charge in [0, 0.05) is 18.7 Å². The first-order chi connectivity index (χ1) is 8.31. The van der Waals surface area contributed by atoms with Crippen LogP contribution in [0, 0.1) is 5.92 Å². The van der Waals surface area contributed by atoms with Crippen LogP contribution in [0.3, 0.4) is 0 Å². The zero-order valence-electron chi connectivity index (χ0n) is 11.0. The van der Waals surface area contributed by atoms with E-state index < -0.39 is 0 Å². The minimum Gasteiger partial charge on any atom is -0.468 e. The van der Waals surface area contributed by atoms with Crippen molar-refractivity contribution in [1.29, 1.82) is 0 Å². The van der Waals surface area contributed by atoms with Crippen LogP contribution in [-0.4, -0.2) is 25.0 Å². The van der Waals surface area contributed by atoms with Crippen LogP contribution in [0.4, 0.5) is 0 Å². The van der Waals surface area contributed by atoms with E-state index >= 15 is 0 Å². The van der Waals surface area contributed by atoms with Gasteiger partial charge in [-0.05, 0) is 44.8 Å². The van der Waals surface area contributed by atoms with Gasteiger partial charge in [0.15, 0.2) is 0 Å². The van der Waals surface area contributed by atoms with Gasteiger partial charge in [-0.1, -0.05) is 6.92 Å². The van der Waals surface area contributed by atoms with Crippen LogP contribution in [0.2, 0.25) is 0 Å². The molecule has 1 saturated carbocycles. The van der Waals surface area contributed by atoms with Gasteiger partial charge < -0.3 is 9.73 Å². The van der Waals surface area contributed by atoms with Crippen molar-refractivity contribution >= 4 is 0 Å². The van der Waals surface area contributed by atoms with Crippen molar-refractivity contribution in [3.8, 4) is 0 Å². The summed E-state index contributed by atoms with van der Waals surface area (Å²) in [5.41, 5.74) is 1.24. The third kappa shape index (κ3) is 4.17. The summed E-state index contributed by atoms with van der Waals surface area (Å²) < 4.78 is 5.61. The molecule has 0 spiro atoms. The molecular formula is C14H24N2O. The monoisotopic (exact) mass is 236 g/mol. The fourth-order valence-corrected chi connectivity index (χ4v) is 2.24. The van der Waals surface area contributed by atoms with Gasteiger partial charge in [-0.2, -0.15) is 0 Å². The number of hydrogen-bond donors (Lipinski definition) is 1. The maximum Gasteiger partial charge on any atom is 0.118 e. The van der Waals surface area contributed by atoms with Gasteiger partial charge in [0.05, 0.1) is 12.8 Å². The van der Waals surface area contributed by atoms with Crippen LogP contribution in [-0.2, 0) is 13.1 Å². The Morgan fingerprint density at radius 1 is 1.47 bits per heavy atom. The zero-order chi connectivity index (χ0) is 12.1. The molecule has 96 valence electrons. The highest BCUT2D eigenvalue weighted by molar-refractivity contribution is 5.12. The van der Waals surface area contributed by atoms with Gasteiger partial charge in [0.1, 0.15) is 5.76 Å². The number of hydrogen-bond acceptors (Lipinski definition) is 3. The molecule has 3 heteroatoms. The molecule has 17 heavy (non-hydrogen) atoms. The first-order valence-corrected chi connectivity index (χ1v) is 6.75. The Labute approximate surface area is 104 Å². The van der Waals surface area contributed by atoms with Gasteiger partial charge in [-0.25, -0.2) is 0 Å². The summed E-state index contributed by atoms with van der Waals surface area (Å²) in [5, 5.41) is 3.14. The molecule has 0 aromatic carbocycles.